The molecule has 3 rings (SSSR count). The van der Waals surface area contributed by atoms with Crippen LogP contribution in [0.1, 0.15) is 39.5 Å². The lowest BCUT2D eigenvalue weighted by atomic mass is 9.86. The minimum atomic E-state index is -3.43. The van der Waals surface area contributed by atoms with Gasteiger partial charge in [0.25, 0.3) is 10.2 Å². The van der Waals surface area contributed by atoms with Gasteiger partial charge in [-0.05, 0) is 49.4 Å². The van der Waals surface area contributed by atoms with Gasteiger partial charge in [-0.2, -0.15) is 17.4 Å². The lowest BCUT2D eigenvalue weighted by Gasteiger charge is -2.37. The van der Waals surface area contributed by atoms with E-state index in [4.69, 9.17) is 0 Å². The van der Waals surface area contributed by atoms with E-state index < -0.39 is 10.2 Å². The van der Waals surface area contributed by atoms with Gasteiger partial charge in [0.1, 0.15) is 0 Å². The third kappa shape index (κ3) is 3.00. The first-order chi connectivity index (χ1) is 9.90. The Labute approximate surface area is 128 Å². The summed E-state index contributed by atoms with van der Waals surface area (Å²) in [6.45, 7) is 5.56. The van der Waals surface area contributed by atoms with Crippen molar-refractivity contribution in [2.24, 2.45) is 29.6 Å². The van der Waals surface area contributed by atoms with E-state index in [-0.39, 0.29) is 18.6 Å². The van der Waals surface area contributed by atoms with Gasteiger partial charge in [-0.1, -0.05) is 13.8 Å². The van der Waals surface area contributed by atoms with Crippen molar-refractivity contribution in [3.8, 4) is 0 Å². The van der Waals surface area contributed by atoms with Gasteiger partial charge in [-0.25, -0.2) is 0 Å². The highest BCUT2D eigenvalue weighted by Crippen LogP contribution is 2.48. The third-order valence-corrected chi connectivity index (χ3v) is 7.31. The molecule has 3 aliphatic rings. The molecule has 1 heterocycles. The number of aliphatic hydroxyl groups is 1. The largest absolute Gasteiger partial charge is 0.396 e. The molecule has 1 aliphatic heterocycles. The molecule has 2 saturated carbocycles. The van der Waals surface area contributed by atoms with E-state index in [0.29, 0.717) is 36.8 Å². The summed E-state index contributed by atoms with van der Waals surface area (Å²) in [4.78, 5) is 0. The van der Waals surface area contributed by atoms with E-state index in [1.165, 1.54) is 0 Å². The van der Waals surface area contributed by atoms with Crippen molar-refractivity contribution in [1.82, 2.24) is 9.03 Å². The summed E-state index contributed by atoms with van der Waals surface area (Å²) in [6.07, 6.45) is 4.41. The van der Waals surface area contributed by atoms with Crippen molar-refractivity contribution in [3.05, 3.63) is 0 Å². The average molecular weight is 316 g/mol. The normalized spacial score (nSPS) is 44.3. The zero-order valence-electron chi connectivity index (χ0n) is 13.0. The lowest BCUT2D eigenvalue weighted by Crippen LogP contribution is -2.53. The van der Waals surface area contributed by atoms with Gasteiger partial charge in [0.05, 0.1) is 0 Å². The fourth-order valence-electron chi connectivity index (χ4n) is 4.91. The Balaban J connectivity index is 1.71. The summed E-state index contributed by atoms with van der Waals surface area (Å²) in [5.41, 5.74) is 0. The topological polar surface area (TPSA) is 69.6 Å². The predicted molar refractivity (Wildman–Crippen MR) is 81.8 cm³/mol. The molecule has 2 N–H and O–H groups in total. The Morgan fingerprint density at radius 1 is 1.10 bits per heavy atom. The van der Waals surface area contributed by atoms with Crippen molar-refractivity contribution >= 4 is 10.2 Å². The van der Waals surface area contributed by atoms with Gasteiger partial charge in [0.2, 0.25) is 0 Å². The second-order valence-electron chi connectivity index (χ2n) is 7.59. The molecule has 3 fully saturated rings. The number of aliphatic hydroxyl groups excluding tert-OH is 1. The van der Waals surface area contributed by atoms with Gasteiger partial charge in [0.15, 0.2) is 0 Å². The minimum Gasteiger partial charge on any atom is -0.396 e. The van der Waals surface area contributed by atoms with Gasteiger partial charge < -0.3 is 5.11 Å². The van der Waals surface area contributed by atoms with Crippen LogP contribution in [0.5, 0.6) is 0 Å². The maximum atomic E-state index is 12.7. The van der Waals surface area contributed by atoms with Crippen LogP contribution >= 0.6 is 0 Å². The molecule has 0 aromatic heterocycles. The quantitative estimate of drug-likeness (QED) is 0.819. The van der Waals surface area contributed by atoms with Crippen LogP contribution in [0.3, 0.4) is 0 Å². The third-order valence-electron chi connectivity index (χ3n) is 5.76. The molecule has 0 aromatic rings. The molecule has 1 saturated heterocycles. The first kappa shape index (κ1) is 15.7. The molecule has 0 radical (unpaired) electrons. The summed E-state index contributed by atoms with van der Waals surface area (Å²) in [5.74, 6) is 1.87. The maximum absolute atomic E-state index is 12.7. The lowest BCUT2D eigenvalue weighted by molar-refractivity contribution is 0.150. The Morgan fingerprint density at radius 2 is 1.71 bits per heavy atom. The van der Waals surface area contributed by atoms with Crippen molar-refractivity contribution in [2.75, 3.05) is 19.7 Å². The van der Waals surface area contributed by atoms with Crippen LogP contribution in [0.25, 0.3) is 0 Å². The maximum Gasteiger partial charge on any atom is 0.279 e. The second kappa shape index (κ2) is 5.80. The Bertz CT molecular complexity index is 471. The van der Waals surface area contributed by atoms with Gasteiger partial charge in [-0.15, -0.1) is 0 Å². The molecule has 2 bridgehead atoms. The number of hydrogen-bond acceptors (Lipinski definition) is 3. The Kier molecular flexibility index (Phi) is 4.34. The van der Waals surface area contributed by atoms with Crippen molar-refractivity contribution in [1.29, 1.82) is 0 Å². The van der Waals surface area contributed by atoms with Crippen LogP contribution in [0, 0.1) is 29.6 Å². The van der Waals surface area contributed by atoms with Crippen molar-refractivity contribution in [2.45, 2.75) is 45.6 Å². The standard InChI is InChI=1S/C15H28N2O3S/c1-10-5-11(2)8-17(7-10)21(19,20)16-15-13-4-3-12(6-13)14(15)9-18/h10-16,18H,3-9H2,1-2H3. The molecule has 0 aromatic carbocycles. The van der Waals surface area contributed by atoms with Gasteiger partial charge in [0, 0.05) is 31.7 Å². The molecule has 5 nitrogen and oxygen atoms in total. The first-order valence-corrected chi connectivity index (χ1v) is 9.73. The van der Waals surface area contributed by atoms with Crippen LogP contribution in [0.4, 0.5) is 0 Å². The fourth-order valence-corrected chi connectivity index (χ4v) is 6.67. The number of nitrogens with one attached hydrogen (secondary N) is 1. The Hall–Kier alpha value is -0.170. The second-order valence-corrected chi connectivity index (χ2v) is 9.29. The van der Waals surface area contributed by atoms with E-state index in [1.807, 2.05) is 0 Å². The molecular formula is C15H28N2O3S. The van der Waals surface area contributed by atoms with Gasteiger partial charge in [-0.3, -0.25) is 0 Å². The summed E-state index contributed by atoms with van der Waals surface area (Å²) < 4.78 is 30.0. The van der Waals surface area contributed by atoms with E-state index in [1.54, 1.807) is 4.31 Å². The molecule has 122 valence electrons. The molecular weight excluding hydrogens is 288 g/mol. The highest BCUT2D eigenvalue weighted by molar-refractivity contribution is 7.87. The SMILES string of the molecule is CC1CC(C)CN(S(=O)(=O)NC2C3CCC(C3)C2CO)C1. The smallest absolute Gasteiger partial charge is 0.279 e. The van der Waals surface area contributed by atoms with Crippen molar-refractivity contribution in [3.63, 3.8) is 0 Å². The average Bonchev–Trinajstić information content (AvgIpc) is 2.98. The van der Waals surface area contributed by atoms with E-state index in [2.05, 4.69) is 18.6 Å². The van der Waals surface area contributed by atoms with Crippen LogP contribution in [0.15, 0.2) is 0 Å². The number of piperidine rings is 1. The van der Waals surface area contributed by atoms with E-state index in [9.17, 15) is 13.5 Å². The van der Waals surface area contributed by atoms with E-state index in [0.717, 1.165) is 25.7 Å². The number of hydrogen-bond donors (Lipinski definition) is 2. The molecule has 21 heavy (non-hydrogen) atoms. The summed E-state index contributed by atoms with van der Waals surface area (Å²) in [6, 6.07) is -0.0636. The van der Waals surface area contributed by atoms with Crippen LogP contribution in [-0.4, -0.2) is 43.6 Å². The highest BCUT2D eigenvalue weighted by atomic mass is 32.2. The van der Waals surface area contributed by atoms with Gasteiger partial charge >= 0.3 is 0 Å². The molecule has 6 heteroatoms. The fraction of sp³-hybridized carbons (Fsp3) is 1.00. The first-order valence-electron chi connectivity index (χ1n) is 8.29. The van der Waals surface area contributed by atoms with E-state index >= 15 is 0 Å². The molecule has 0 amide bonds. The summed E-state index contributed by atoms with van der Waals surface area (Å²) in [5, 5.41) is 9.60. The zero-order valence-corrected chi connectivity index (χ0v) is 13.8. The zero-order chi connectivity index (χ0) is 15.2. The molecule has 6 atom stereocenters. The molecule has 6 unspecified atom stereocenters. The number of fused-ring (bicyclic) bond motifs is 2. The minimum absolute atomic E-state index is 0.0636. The van der Waals surface area contributed by atoms with Crippen molar-refractivity contribution < 1.29 is 13.5 Å². The Morgan fingerprint density at radius 3 is 2.33 bits per heavy atom. The summed E-state index contributed by atoms with van der Waals surface area (Å²) in [7, 11) is -3.43. The molecule has 0 spiro atoms. The number of nitrogens with zero attached hydrogens (tertiary/aromatic N) is 1. The predicted octanol–water partition coefficient (Wildman–Crippen LogP) is 1.21. The summed E-state index contributed by atoms with van der Waals surface area (Å²) >= 11 is 0. The number of rotatable bonds is 4. The van der Waals surface area contributed by atoms with Crippen LogP contribution in [-0.2, 0) is 10.2 Å². The van der Waals surface area contributed by atoms with Crippen LogP contribution < -0.4 is 4.72 Å². The van der Waals surface area contributed by atoms with Crippen LogP contribution in [0.2, 0.25) is 0 Å². The molecule has 2 aliphatic carbocycles. The monoisotopic (exact) mass is 316 g/mol. The highest BCUT2D eigenvalue weighted by Gasteiger charge is 2.49.